The number of ether oxygens (including phenoxy) is 1. The molecular formula is C18H19BrN2O3. The van der Waals surface area contributed by atoms with E-state index in [4.69, 9.17) is 4.74 Å². The summed E-state index contributed by atoms with van der Waals surface area (Å²) in [5.41, 5.74) is 2.10. The third-order valence-corrected chi connectivity index (χ3v) is 4.09. The second-order valence-electron chi connectivity index (χ2n) is 5.41. The maximum absolute atomic E-state index is 12.1. The number of pyridine rings is 1. The first-order valence-electron chi connectivity index (χ1n) is 7.67. The SMILES string of the molecule is CC[C@@H](C)c1ccccc1NC(=O)COC(=O)c1cncc(Br)c1. The van der Waals surface area contributed by atoms with Crippen molar-refractivity contribution in [2.24, 2.45) is 0 Å². The van der Waals surface area contributed by atoms with Crippen LogP contribution in [-0.4, -0.2) is 23.5 Å². The molecule has 1 amide bonds. The van der Waals surface area contributed by atoms with Gasteiger partial charge >= 0.3 is 5.97 Å². The van der Waals surface area contributed by atoms with Gasteiger partial charge in [0.1, 0.15) is 0 Å². The standard InChI is InChI=1S/C18H19BrN2O3/c1-3-12(2)15-6-4-5-7-16(15)21-17(22)11-24-18(23)13-8-14(19)10-20-9-13/h4-10,12H,3,11H2,1-2H3,(H,21,22)/t12-/m1/s1. The molecule has 0 radical (unpaired) electrons. The second kappa shape index (κ2) is 8.59. The Morgan fingerprint density at radius 2 is 2.04 bits per heavy atom. The fourth-order valence-corrected chi connectivity index (χ4v) is 2.55. The maximum Gasteiger partial charge on any atom is 0.340 e. The normalized spacial score (nSPS) is 11.6. The Morgan fingerprint density at radius 3 is 2.75 bits per heavy atom. The minimum Gasteiger partial charge on any atom is -0.452 e. The molecule has 0 aliphatic heterocycles. The van der Waals surface area contributed by atoms with E-state index in [1.54, 1.807) is 12.3 Å². The van der Waals surface area contributed by atoms with Crippen LogP contribution < -0.4 is 5.32 Å². The van der Waals surface area contributed by atoms with Crippen LogP contribution in [0.2, 0.25) is 0 Å². The molecule has 1 aromatic carbocycles. The molecule has 0 fully saturated rings. The summed E-state index contributed by atoms with van der Waals surface area (Å²) in [6.45, 7) is 3.85. The Hall–Kier alpha value is -2.21. The number of hydrogen-bond acceptors (Lipinski definition) is 4. The minimum atomic E-state index is -0.589. The highest BCUT2D eigenvalue weighted by Crippen LogP contribution is 2.26. The first kappa shape index (κ1) is 18.1. The Kier molecular flexibility index (Phi) is 6.49. The molecule has 0 saturated heterocycles. The quantitative estimate of drug-likeness (QED) is 0.752. The molecule has 2 aromatic rings. The van der Waals surface area contributed by atoms with Gasteiger partial charge in [0.2, 0.25) is 0 Å². The van der Waals surface area contributed by atoms with E-state index in [1.807, 2.05) is 24.3 Å². The van der Waals surface area contributed by atoms with Gasteiger partial charge in [0, 0.05) is 22.6 Å². The highest BCUT2D eigenvalue weighted by atomic mass is 79.9. The molecule has 1 N–H and O–H groups in total. The Balaban J connectivity index is 1.96. The number of nitrogens with one attached hydrogen (secondary N) is 1. The van der Waals surface area contributed by atoms with E-state index in [2.05, 4.69) is 40.1 Å². The number of hydrogen-bond donors (Lipinski definition) is 1. The van der Waals surface area contributed by atoms with Gasteiger partial charge in [-0.3, -0.25) is 9.78 Å². The Morgan fingerprint density at radius 1 is 1.29 bits per heavy atom. The van der Waals surface area contributed by atoms with Crippen LogP contribution in [0.25, 0.3) is 0 Å². The van der Waals surface area contributed by atoms with Crippen molar-refractivity contribution in [3.8, 4) is 0 Å². The average Bonchev–Trinajstić information content (AvgIpc) is 2.59. The molecule has 5 nitrogen and oxygen atoms in total. The summed E-state index contributed by atoms with van der Waals surface area (Å²) in [5.74, 6) is -0.631. The van der Waals surface area contributed by atoms with Crippen molar-refractivity contribution in [2.75, 3.05) is 11.9 Å². The van der Waals surface area contributed by atoms with Crippen molar-refractivity contribution in [2.45, 2.75) is 26.2 Å². The van der Waals surface area contributed by atoms with Crippen molar-refractivity contribution >= 4 is 33.5 Å². The fourth-order valence-electron chi connectivity index (χ4n) is 2.18. The van der Waals surface area contributed by atoms with Gasteiger partial charge in [-0.2, -0.15) is 0 Å². The van der Waals surface area contributed by atoms with E-state index in [0.29, 0.717) is 10.4 Å². The first-order valence-corrected chi connectivity index (χ1v) is 8.47. The van der Waals surface area contributed by atoms with Crippen molar-refractivity contribution < 1.29 is 14.3 Å². The van der Waals surface area contributed by atoms with Gasteiger partial charge in [-0.15, -0.1) is 0 Å². The van der Waals surface area contributed by atoms with E-state index < -0.39 is 5.97 Å². The summed E-state index contributed by atoms with van der Waals surface area (Å²) in [6, 6.07) is 9.23. The van der Waals surface area contributed by atoms with Crippen LogP contribution in [0.1, 0.15) is 42.1 Å². The van der Waals surface area contributed by atoms with Crippen LogP contribution in [-0.2, 0) is 9.53 Å². The lowest BCUT2D eigenvalue weighted by Crippen LogP contribution is -2.21. The lowest BCUT2D eigenvalue weighted by atomic mass is 9.97. The van der Waals surface area contributed by atoms with Crippen LogP contribution >= 0.6 is 15.9 Å². The van der Waals surface area contributed by atoms with Gasteiger partial charge in [0.05, 0.1) is 5.56 Å². The lowest BCUT2D eigenvalue weighted by Gasteiger charge is -2.15. The number of para-hydroxylation sites is 1. The van der Waals surface area contributed by atoms with Crippen LogP contribution in [0.15, 0.2) is 47.2 Å². The number of nitrogens with zero attached hydrogens (tertiary/aromatic N) is 1. The van der Waals surface area contributed by atoms with E-state index in [-0.39, 0.29) is 18.1 Å². The summed E-state index contributed by atoms with van der Waals surface area (Å²) in [5, 5.41) is 2.80. The van der Waals surface area contributed by atoms with E-state index >= 15 is 0 Å². The Labute approximate surface area is 149 Å². The van der Waals surface area contributed by atoms with Crippen molar-refractivity contribution in [1.29, 1.82) is 0 Å². The summed E-state index contributed by atoms with van der Waals surface area (Å²) < 4.78 is 5.70. The average molecular weight is 391 g/mol. The van der Waals surface area contributed by atoms with Gasteiger partial charge in [-0.25, -0.2) is 4.79 Å². The largest absolute Gasteiger partial charge is 0.452 e. The number of rotatable bonds is 6. The van der Waals surface area contributed by atoms with Gasteiger partial charge in [-0.05, 0) is 46.0 Å². The lowest BCUT2D eigenvalue weighted by molar-refractivity contribution is -0.119. The van der Waals surface area contributed by atoms with Crippen molar-refractivity contribution in [1.82, 2.24) is 4.98 Å². The third-order valence-electron chi connectivity index (χ3n) is 3.65. The molecule has 0 aliphatic carbocycles. The van der Waals surface area contributed by atoms with E-state index in [9.17, 15) is 9.59 Å². The molecular weight excluding hydrogens is 372 g/mol. The Bertz CT molecular complexity index is 734. The highest BCUT2D eigenvalue weighted by Gasteiger charge is 2.14. The summed E-state index contributed by atoms with van der Waals surface area (Å²) in [7, 11) is 0. The molecule has 0 unspecified atom stereocenters. The molecule has 2 rings (SSSR count). The number of carbonyl (C=O) groups excluding carboxylic acids is 2. The summed E-state index contributed by atoms with van der Waals surface area (Å²) in [4.78, 5) is 27.9. The van der Waals surface area contributed by atoms with Crippen LogP contribution in [0.5, 0.6) is 0 Å². The summed E-state index contributed by atoms with van der Waals surface area (Å²) >= 11 is 3.23. The fraction of sp³-hybridized carbons (Fsp3) is 0.278. The number of aromatic nitrogens is 1. The molecule has 126 valence electrons. The predicted octanol–water partition coefficient (Wildman–Crippen LogP) is 4.15. The topological polar surface area (TPSA) is 68.3 Å². The maximum atomic E-state index is 12.1. The smallest absolute Gasteiger partial charge is 0.340 e. The molecule has 1 atom stereocenters. The number of benzene rings is 1. The van der Waals surface area contributed by atoms with Gasteiger partial charge in [0.15, 0.2) is 6.61 Å². The minimum absolute atomic E-state index is 0.289. The molecule has 0 spiro atoms. The van der Waals surface area contributed by atoms with Gasteiger partial charge < -0.3 is 10.1 Å². The molecule has 0 saturated carbocycles. The molecule has 1 heterocycles. The van der Waals surface area contributed by atoms with E-state index in [0.717, 1.165) is 17.7 Å². The third kappa shape index (κ3) is 4.89. The van der Waals surface area contributed by atoms with Crippen molar-refractivity contribution in [3.05, 3.63) is 58.3 Å². The van der Waals surface area contributed by atoms with Gasteiger partial charge in [0.25, 0.3) is 5.91 Å². The molecule has 1 aromatic heterocycles. The first-order chi connectivity index (χ1) is 11.5. The number of halogens is 1. The number of esters is 1. The zero-order valence-electron chi connectivity index (χ0n) is 13.6. The monoisotopic (exact) mass is 390 g/mol. The molecule has 0 aliphatic rings. The number of amides is 1. The molecule has 6 heteroatoms. The zero-order chi connectivity index (χ0) is 17.5. The van der Waals surface area contributed by atoms with Crippen LogP contribution in [0, 0.1) is 0 Å². The summed E-state index contributed by atoms with van der Waals surface area (Å²) in [6.07, 6.45) is 3.93. The molecule has 0 bridgehead atoms. The zero-order valence-corrected chi connectivity index (χ0v) is 15.2. The van der Waals surface area contributed by atoms with Crippen molar-refractivity contribution in [3.63, 3.8) is 0 Å². The van der Waals surface area contributed by atoms with Crippen LogP contribution in [0.4, 0.5) is 5.69 Å². The van der Waals surface area contributed by atoms with Crippen LogP contribution in [0.3, 0.4) is 0 Å². The number of anilines is 1. The van der Waals surface area contributed by atoms with Gasteiger partial charge in [-0.1, -0.05) is 32.0 Å². The second-order valence-corrected chi connectivity index (χ2v) is 6.33. The molecule has 24 heavy (non-hydrogen) atoms. The highest BCUT2D eigenvalue weighted by molar-refractivity contribution is 9.10. The number of carbonyl (C=O) groups is 2. The predicted molar refractivity (Wildman–Crippen MR) is 96.0 cm³/mol. The van der Waals surface area contributed by atoms with E-state index in [1.165, 1.54) is 6.20 Å².